The highest BCUT2D eigenvalue weighted by molar-refractivity contribution is 5.81. The van der Waals surface area contributed by atoms with Crippen LogP contribution in [0.5, 0.6) is 0 Å². The van der Waals surface area contributed by atoms with Crippen LogP contribution < -0.4 is 5.32 Å². The molecular weight excluding hydrogens is 210 g/mol. The van der Waals surface area contributed by atoms with E-state index in [0.717, 1.165) is 19.3 Å². The molecule has 2 fully saturated rings. The van der Waals surface area contributed by atoms with E-state index in [1.807, 2.05) is 0 Å². The van der Waals surface area contributed by atoms with Gasteiger partial charge in [0, 0.05) is 12.6 Å². The second-order valence-corrected chi connectivity index (χ2v) is 4.56. The van der Waals surface area contributed by atoms with Gasteiger partial charge in [0.15, 0.2) is 0 Å². The number of hydrogen-bond donors (Lipinski definition) is 2. The minimum absolute atomic E-state index is 0.0119. The van der Waals surface area contributed by atoms with Crippen LogP contribution in [0.15, 0.2) is 0 Å². The van der Waals surface area contributed by atoms with Crippen molar-refractivity contribution in [3.8, 4) is 0 Å². The summed E-state index contributed by atoms with van der Waals surface area (Å²) in [4.78, 5) is 22.4. The topological polar surface area (TPSA) is 75.6 Å². The van der Waals surface area contributed by atoms with Gasteiger partial charge in [-0.1, -0.05) is 0 Å². The van der Waals surface area contributed by atoms with Gasteiger partial charge in [0.25, 0.3) is 0 Å². The van der Waals surface area contributed by atoms with E-state index < -0.39 is 5.97 Å². The predicted molar refractivity (Wildman–Crippen MR) is 55.9 cm³/mol. The van der Waals surface area contributed by atoms with Crippen molar-refractivity contribution in [2.24, 2.45) is 5.92 Å². The van der Waals surface area contributed by atoms with Gasteiger partial charge in [-0.05, 0) is 32.1 Å². The van der Waals surface area contributed by atoms with E-state index in [4.69, 9.17) is 9.84 Å². The summed E-state index contributed by atoms with van der Waals surface area (Å²) >= 11 is 0. The van der Waals surface area contributed by atoms with Crippen LogP contribution in [0.3, 0.4) is 0 Å². The van der Waals surface area contributed by atoms with Gasteiger partial charge < -0.3 is 15.2 Å². The van der Waals surface area contributed by atoms with E-state index in [1.165, 1.54) is 0 Å². The van der Waals surface area contributed by atoms with Gasteiger partial charge in [0.2, 0.25) is 5.91 Å². The van der Waals surface area contributed by atoms with Crippen LogP contribution in [0, 0.1) is 5.92 Å². The second kappa shape index (κ2) is 4.82. The molecule has 5 nitrogen and oxygen atoms in total. The van der Waals surface area contributed by atoms with Crippen molar-refractivity contribution in [2.45, 2.75) is 44.2 Å². The van der Waals surface area contributed by atoms with Gasteiger partial charge in [-0.2, -0.15) is 0 Å². The van der Waals surface area contributed by atoms with E-state index in [0.29, 0.717) is 19.4 Å². The Morgan fingerprint density at radius 3 is 2.62 bits per heavy atom. The number of amides is 1. The van der Waals surface area contributed by atoms with Crippen molar-refractivity contribution in [3.05, 3.63) is 0 Å². The van der Waals surface area contributed by atoms with Gasteiger partial charge in [-0.25, -0.2) is 0 Å². The molecule has 0 bridgehead atoms. The van der Waals surface area contributed by atoms with Crippen molar-refractivity contribution in [1.82, 2.24) is 5.32 Å². The number of carboxylic acid groups (broad SMARTS) is 1. The van der Waals surface area contributed by atoms with Gasteiger partial charge in [0.1, 0.15) is 6.10 Å². The van der Waals surface area contributed by atoms with Crippen LogP contribution in [0.4, 0.5) is 0 Å². The van der Waals surface area contributed by atoms with Crippen molar-refractivity contribution in [1.29, 1.82) is 0 Å². The van der Waals surface area contributed by atoms with Crippen LogP contribution in [-0.4, -0.2) is 35.7 Å². The molecule has 2 N–H and O–H groups in total. The first kappa shape index (κ1) is 11.4. The maximum absolute atomic E-state index is 11.7. The standard InChI is InChI=1S/C11H17NO4/c13-10(9-2-1-5-16-9)12-8-4-3-7(6-8)11(14)15/h7-9H,1-6H2,(H,12,13)(H,14,15). The molecule has 1 heterocycles. The fourth-order valence-corrected chi connectivity index (χ4v) is 2.42. The summed E-state index contributed by atoms with van der Waals surface area (Å²) in [5.41, 5.74) is 0. The summed E-state index contributed by atoms with van der Waals surface area (Å²) in [6, 6.07) is 0.0119. The summed E-state index contributed by atoms with van der Waals surface area (Å²) in [7, 11) is 0. The normalized spacial score (nSPS) is 33.9. The molecule has 1 aliphatic carbocycles. The van der Waals surface area contributed by atoms with E-state index in [1.54, 1.807) is 0 Å². The van der Waals surface area contributed by atoms with E-state index in [-0.39, 0.29) is 24.0 Å². The monoisotopic (exact) mass is 227 g/mol. The van der Waals surface area contributed by atoms with E-state index in [9.17, 15) is 9.59 Å². The lowest BCUT2D eigenvalue weighted by molar-refractivity contribution is -0.141. The third-order valence-corrected chi connectivity index (χ3v) is 3.35. The first-order valence-electron chi connectivity index (χ1n) is 5.81. The molecule has 1 amide bonds. The van der Waals surface area contributed by atoms with E-state index in [2.05, 4.69) is 5.32 Å². The number of carboxylic acids is 1. The van der Waals surface area contributed by atoms with Crippen molar-refractivity contribution >= 4 is 11.9 Å². The molecule has 1 saturated heterocycles. The third kappa shape index (κ3) is 2.52. The average molecular weight is 227 g/mol. The highest BCUT2D eigenvalue weighted by Gasteiger charge is 2.32. The third-order valence-electron chi connectivity index (χ3n) is 3.35. The Kier molecular flexibility index (Phi) is 3.43. The largest absolute Gasteiger partial charge is 0.481 e. The lowest BCUT2D eigenvalue weighted by Gasteiger charge is -2.15. The summed E-state index contributed by atoms with van der Waals surface area (Å²) in [5, 5.41) is 11.7. The van der Waals surface area contributed by atoms with Crippen LogP contribution in [0.2, 0.25) is 0 Å². The number of ether oxygens (including phenoxy) is 1. The van der Waals surface area contributed by atoms with Crippen molar-refractivity contribution in [2.75, 3.05) is 6.61 Å². The number of hydrogen-bond acceptors (Lipinski definition) is 3. The van der Waals surface area contributed by atoms with Crippen LogP contribution >= 0.6 is 0 Å². The SMILES string of the molecule is O=C(O)C1CCC(NC(=O)C2CCCO2)C1. The minimum atomic E-state index is -0.756. The first-order chi connectivity index (χ1) is 7.66. The molecular formula is C11H17NO4. The number of rotatable bonds is 3. The first-order valence-corrected chi connectivity index (χ1v) is 5.81. The molecule has 3 unspecified atom stereocenters. The average Bonchev–Trinajstić information content (AvgIpc) is 2.87. The molecule has 0 aromatic heterocycles. The molecule has 5 heteroatoms. The maximum Gasteiger partial charge on any atom is 0.306 e. The summed E-state index contributed by atoms with van der Waals surface area (Å²) < 4.78 is 5.27. The lowest BCUT2D eigenvalue weighted by Crippen LogP contribution is -2.40. The van der Waals surface area contributed by atoms with Gasteiger partial charge in [-0.3, -0.25) is 9.59 Å². The zero-order chi connectivity index (χ0) is 11.5. The fourth-order valence-electron chi connectivity index (χ4n) is 2.42. The molecule has 2 aliphatic rings. The second-order valence-electron chi connectivity index (χ2n) is 4.56. The zero-order valence-corrected chi connectivity index (χ0v) is 9.15. The minimum Gasteiger partial charge on any atom is -0.481 e. The molecule has 16 heavy (non-hydrogen) atoms. The number of carbonyl (C=O) groups excluding carboxylic acids is 1. The molecule has 2 rings (SSSR count). The molecule has 3 atom stereocenters. The Labute approximate surface area is 94.2 Å². The molecule has 1 aliphatic heterocycles. The van der Waals surface area contributed by atoms with Gasteiger partial charge in [0.05, 0.1) is 5.92 Å². The van der Waals surface area contributed by atoms with Crippen LogP contribution in [-0.2, 0) is 14.3 Å². The molecule has 90 valence electrons. The summed E-state index contributed by atoms with van der Waals surface area (Å²) in [6.45, 7) is 0.653. The van der Waals surface area contributed by atoms with E-state index >= 15 is 0 Å². The summed E-state index contributed by atoms with van der Waals surface area (Å²) in [6.07, 6.45) is 3.36. The number of carbonyl (C=O) groups is 2. The summed E-state index contributed by atoms with van der Waals surface area (Å²) in [5.74, 6) is -1.13. The Balaban J connectivity index is 1.78. The number of aliphatic carboxylic acids is 1. The Bertz CT molecular complexity index is 286. The van der Waals surface area contributed by atoms with Gasteiger partial charge >= 0.3 is 5.97 Å². The predicted octanol–water partition coefficient (Wildman–Crippen LogP) is 0.535. The van der Waals surface area contributed by atoms with Gasteiger partial charge in [-0.15, -0.1) is 0 Å². The van der Waals surface area contributed by atoms with Crippen molar-refractivity contribution < 1.29 is 19.4 Å². The Morgan fingerprint density at radius 2 is 2.06 bits per heavy atom. The highest BCUT2D eigenvalue weighted by atomic mass is 16.5. The van der Waals surface area contributed by atoms with Crippen molar-refractivity contribution in [3.63, 3.8) is 0 Å². The zero-order valence-electron chi connectivity index (χ0n) is 9.15. The molecule has 1 saturated carbocycles. The molecule has 0 aromatic carbocycles. The smallest absolute Gasteiger partial charge is 0.306 e. The molecule has 0 aromatic rings. The Morgan fingerprint density at radius 1 is 1.25 bits per heavy atom. The van der Waals surface area contributed by atoms with Crippen LogP contribution in [0.25, 0.3) is 0 Å². The van der Waals surface area contributed by atoms with Crippen LogP contribution in [0.1, 0.15) is 32.1 Å². The molecule has 0 radical (unpaired) electrons. The Hall–Kier alpha value is -1.10. The highest BCUT2D eigenvalue weighted by Crippen LogP contribution is 2.26. The quantitative estimate of drug-likeness (QED) is 0.737. The maximum atomic E-state index is 11.7. The molecule has 0 spiro atoms. The lowest BCUT2D eigenvalue weighted by atomic mass is 10.1. The fraction of sp³-hybridized carbons (Fsp3) is 0.818. The number of nitrogens with one attached hydrogen (secondary N) is 1.